The van der Waals surface area contributed by atoms with E-state index in [2.05, 4.69) is 6.07 Å². The molecule has 2 saturated heterocycles. The van der Waals surface area contributed by atoms with Gasteiger partial charge in [-0.1, -0.05) is 0 Å². The van der Waals surface area contributed by atoms with Crippen molar-refractivity contribution in [1.29, 1.82) is 5.26 Å². The van der Waals surface area contributed by atoms with E-state index in [0.717, 1.165) is 25.9 Å². The van der Waals surface area contributed by atoms with Crippen LogP contribution in [0.3, 0.4) is 0 Å². The van der Waals surface area contributed by atoms with Crippen LogP contribution in [-0.2, 0) is 9.47 Å². The van der Waals surface area contributed by atoms with E-state index in [1.165, 1.54) is 0 Å². The molecule has 0 aromatic rings. The van der Waals surface area contributed by atoms with Crippen LogP contribution in [0.5, 0.6) is 0 Å². The van der Waals surface area contributed by atoms with Crippen molar-refractivity contribution in [1.82, 2.24) is 4.90 Å². The number of ether oxygens (including phenoxy) is 2. The Labute approximate surface area is 114 Å². The van der Waals surface area contributed by atoms with Crippen molar-refractivity contribution in [2.75, 3.05) is 19.7 Å². The molecule has 0 radical (unpaired) electrons. The molecule has 5 heteroatoms. The van der Waals surface area contributed by atoms with Gasteiger partial charge in [-0.2, -0.15) is 5.26 Å². The summed E-state index contributed by atoms with van der Waals surface area (Å²) in [5.74, 6) is 0. The van der Waals surface area contributed by atoms with Gasteiger partial charge in [0.1, 0.15) is 5.60 Å². The monoisotopic (exact) mass is 266 g/mol. The Balaban J connectivity index is 1.99. The molecule has 0 aromatic heterocycles. The van der Waals surface area contributed by atoms with E-state index in [1.807, 2.05) is 20.8 Å². The number of hydrogen-bond donors (Lipinski definition) is 0. The first-order valence-electron chi connectivity index (χ1n) is 6.84. The van der Waals surface area contributed by atoms with Gasteiger partial charge in [-0.25, -0.2) is 4.79 Å². The predicted molar refractivity (Wildman–Crippen MR) is 69.4 cm³/mol. The molecule has 2 atom stereocenters. The maximum atomic E-state index is 12.1. The Bertz CT molecular complexity index is 392. The number of carbonyl (C=O) groups excluding carboxylic acids is 1. The summed E-state index contributed by atoms with van der Waals surface area (Å²) >= 11 is 0. The standard InChI is InChI=1S/C14H22N2O3/c1-13(2,3)19-12(17)16-6-4-5-14(9-15,10-16)7-11-8-18-11/h11H,4-8,10H2,1-3H3/t11-,14+/m1/s1. The number of nitrogens with zero attached hydrogens (tertiary/aromatic N) is 2. The summed E-state index contributed by atoms with van der Waals surface area (Å²) < 4.78 is 10.6. The van der Waals surface area contributed by atoms with E-state index in [9.17, 15) is 10.1 Å². The van der Waals surface area contributed by atoms with Crippen LogP contribution in [0.15, 0.2) is 0 Å². The average Bonchev–Trinajstić information content (AvgIpc) is 3.11. The zero-order valence-electron chi connectivity index (χ0n) is 11.9. The van der Waals surface area contributed by atoms with Crippen molar-refractivity contribution in [3.63, 3.8) is 0 Å². The second-order valence-electron chi connectivity index (χ2n) is 6.56. The first-order valence-corrected chi connectivity index (χ1v) is 6.84. The van der Waals surface area contributed by atoms with Gasteiger partial charge in [0.05, 0.1) is 24.2 Å². The molecule has 5 nitrogen and oxygen atoms in total. The van der Waals surface area contributed by atoms with Crippen molar-refractivity contribution < 1.29 is 14.3 Å². The smallest absolute Gasteiger partial charge is 0.410 e. The third kappa shape index (κ3) is 3.84. The zero-order valence-corrected chi connectivity index (χ0v) is 11.9. The number of rotatable bonds is 2. The van der Waals surface area contributed by atoms with Crippen LogP contribution in [0.2, 0.25) is 0 Å². The molecule has 0 aliphatic carbocycles. The minimum absolute atomic E-state index is 0.207. The molecule has 0 spiro atoms. The number of piperidine rings is 1. The van der Waals surface area contributed by atoms with E-state index < -0.39 is 11.0 Å². The van der Waals surface area contributed by atoms with E-state index in [-0.39, 0.29) is 12.2 Å². The van der Waals surface area contributed by atoms with Crippen LogP contribution in [0.4, 0.5) is 4.79 Å². The molecule has 106 valence electrons. The highest BCUT2D eigenvalue weighted by atomic mass is 16.6. The summed E-state index contributed by atoms with van der Waals surface area (Å²) in [5, 5.41) is 9.47. The fraction of sp³-hybridized carbons (Fsp3) is 0.857. The Morgan fingerprint density at radius 2 is 2.26 bits per heavy atom. The molecule has 2 rings (SSSR count). The fourth-order valence-electron chi connectivity index (χ4n) is 2.54. The number of hydrogen-bond acceptors (Lipinski definition) is 4. The van der Waals surface area contributed by atoms with Gasteiger partial charge in [-0.05, 0) is 40.0 Å². The summed E-state index contributed by atoms with van der Waals surface area (Å²) in [6, 6.07) is 2.41. The first-order chi connectivity index (χ1) is 8.84. The lowest BCUT2D eigenvalue weighted by molar-refractivity contribution is 0.00952. The number of nitriles is 1. The Morgan fingerprint density at radius 3 is 2.79 bits per heavy atom. The van der Waals surface area contributed by atoms with Crippen molar-refractivity contribution in [2.45, 2.75) is 51.7 Å². The third-order valence-electron chi connectivity index (χ3n) is 3.49. The second-order valence-corrected chi connectivity index (χ2v) is 6.56. The SMILES string of the molecule is CC(C)(C)OC(=O)N1CCC[C@@](C#N)(C[C@@H]2CO2)C1. The van der Waals surface area contributed by atoms with E-state index >= 15 is 0 Å². The average molecular weight is 266 g/mol. The molecule has 2 aliphatic heterocycles. The molecular weight excluding hydrogens is 244 g/mol. The summed E-state index contributed by atoms with van der Waals surface area (Å²) in [4.78, 5) is 13.7. The maximum Gasteiger partial charge on any atom is 0.410 e. The van der Waals surface area contributed by atoms with Crippen LogP contribution in [-0.4, -0.2) is 42.4 Å². The lowest BCUT2D eigenvalue weighted by Crippen LogP contribution is -2.47. The van der Waals surface area contributed by atoms with Crippen molar-refractivity contribution in [3.8, 4) is 6.07 Å². The summed E-state index contributed by atoms with van der Waals surface area (Å²) in [7, 11) is 0. The minimum Gasteiger partial charge on any atom is -0.444 e. The van der Waals surface area contributed by atoms with E-state index in [0.29, 0.717) is 13.1 Å². The quantitative estimate of drug-likeness (QED) is 0.719. The molecule has 0 bridgehead atoms. The van der Waals surface area contributed by atoms with E-state index in [1.54, 1.807) is 4.90 Å². The fourth-order valence-corrected chi connectivity index (χ4v) is 2.54. The summed E-state index contributed by atoms with van der Waals surface area (Å²) in [5.41, 5.74) is -0.959. The van der Waals surface area contributed by atoms with Crippen LogP contribution in [0.25, 0.3) is 0 Å². The molecular formula is C14H22N2O3. The van der Waals surface area contributed by atoms with Crippen LogP contribution in [0.1, 0.15) is 40.0 Å². The van der Waals surface area contributed by atoms with Crippen LogP contribution in [0, 0.1) is 16.7 Å². The lowest BCUT2D eigenvalue weighted by Gasteiger charge is -2.38. The molecule has 1 amide bonds. The highest BCUT2D eigenvalue weighted by Crippen LogP contribution is 2.37. The number of carbonyl (C=O) groups is 1. The topological polar surface area (TPSA) is 65.9 Å². The summed E-state index contributed by atoms with van der Waals surface area (Å²) in [6.07, 6.45) is 2.30. The van der Waals surface area contributed by atoms with Gasteiger partial charge in [0.15, 0.2) is 0 Å². The van der Waals surface area contributed by atoms with Crippen LogP contribution < -0.4 is 0 Å². The van der Waals surface area contributed by atoms with Crippen molar-refractivity contribution in [2.24, 2.45) is 5.41 Å². The van der Waals surface area contributed by atoms with Gasteiger partial charge in [0, 0.05) is 13.1 Å². The largest absolute Gasteiger partial charge is 0.444 e. The Morgan fingerprint density at radius 1 is 1.58 bits per heavy atom. The molecule has 0 unspecified atom stereocenters. The molecule has 19 heavy (non-hydrogen) atoms. The molecule has 0 aromatic carbocycles. The molecule has 2 aliphatic rings. The zero-order chi connectivity index (χ0) is 14.1. The number of epoxide rings is 1. The van der Waals surface area contributed by atoms with E-state index in [4.69, 9.17) is 9.47 Å². The number of amides is 1. The molecule has 0 N–H and O–H groups in total. The molecule has 0 saturated carbocycles. The van der Waals surface area contributed by atoms with Gasteiger partial charge in [-0.15, -0.1) is 0 Å². The van der Waals surface area contributed by atoms with Crippen molar-refractivity contribution in [3.05, 3.63) is 0 Å². The lowest BCUT2D eigenvalue weighted by atomic mass is 9.77. The van der Waals surface area contributed by atoms with Gasteiger partial charge in [0.2, 0.25) is 0 Å². The van der Waals surface area contributed by atoms with Gasteiger partial charge in [0.25, 0.3) is 0 Å². The first kappa shape index (κ1) is 14.1. The maximum absolute atomic E-state index is 12.1. The number of likely N-dealkylation sites (tertiary alicyclic amines) is 1. The van der Waals surface area contributed by atoms with Crippen molar-refractivity contribution >= 4 is 6.09 Å². The van der Waals surface area contributed by atoms with Gasteiger partial charge >= 0.3 is 6.09 Å². The second kappa shape index (κ2) is 5.01. The minimum atomic E-state index is -0.497. The van der Waals surface area contributed by atoms with Gasteiger partial charge in [-0.3, -0.25) is 0 Å². The predicted octanol–water partition coefficient (Wildman–Crippen LogP) is 2.32. The summed E-state index contributed by atoms with van der Waals surface area (Å²) in [6.45, 7) is 7.43. The highest BCUT2D eigenvalue weighted by molar-refractivity contribution is 5.68. The molecule has 2 heterocycles. The Hall–Kier alpha value is -1.28. The Kier molecular flexibility index (Phi) is 3.73. The normalized spacial score (nSPS) is 30.6. The van der Waals surface area contributed by atoms with Gasteiger partial charge < -0.3 is 14.4 Å². The third-order valence-corrected chi connectivity index (χ3v) is 3.49. The van der Waals surface area contributed by atoms with Crippen LogP contribution >= 0.6 is 0 Å². The molecule has 2 fully saturated rings. The highest BCUT2D eigenvalue weighted by Gasteiger charge is 2.43.